The van der Waals surface area contributed by atoms with Crippen molar-refractivity contribution in [1.29, 1.82) is 0 Å². The Morgan fingerprint density at radius 1 is 1.27 bits per heavy atom. The van der Waals surface area contributed by atoms with Gasteiger partial charge in [0.15, 0.2) is 0 Å². The summed E-state index contributed by atoms with van der Waals surface area (Å²) in [6.07, 6.45) is 1.65. The smallest absolute Gasteiger partial charge is 0.123 e. The largest absolute Gasteiger partial charge is 0.397 e. The first kappa shape index (κ1) is 9.65. The molecule has 2 N–H and O–H groups in total. The van der Waals surface area contributed by atoms with E-state index in [0.717, 1.165) is 11.1 Å². The topological polar surface area (TPSA) is 38.9 Å². The van der Waals surface area contributed by atoms with Crippen LogP contribution in [0.2, 0.25) is 0 Å². The zero-order chi connectivity index (χ0) is 10.8. The summed E-state index contributed by atoms with van der Waals surface area (Å²) in [6.45, 7) is 1.91. The van der Waals surface area contributed by atoms with Gasteiger partial charge in [-0.25, -0.2) is 4.39 Å². The molecule has 1 heterocycles. The lowest BCUT2D eigenvalue weighted by molar-refractivity contribution is 0.628. The molecule has 2 rings (SSSR count). The Morgan fingerprint density at radius 3 is 2.80 bits per heavy atom. The van der Waals surface area contributed by atoms with Crippen molar-refractivity contribution in [2.24, 2.45) is 0 Å². The fraction of sp³-hybridized carbons (Fsp3) is 0.0833. The number of nitrogens with two attached hydrogens (primary N) is 1. The van der Waals surface area contributed by atoms with Gasteiger partial charge in [-0.1, -0.05) is 6.07 Å². The van der Waals surface area contributed by atoms with Crippen molar-refractivity contribution in [2.75, 3.05) is 5.73 Å². The highest BCUT2D eigenvalue weighted by Gasteiger charge is 2.07. The maximum absolute atomic E-state index is 13.1. The van der Waals surface area contributed by atoms with E-state index in [9.17, 15) is 4.39 Å². The van der Waals surface area contributed by atoms with Crippen molar-refractivity contribution in [1.82, 2.24) is 4.98 Å². The molecule has 1 aromatic carbocycles. The van der Waals surface area contributed by atoms with Gasteiger partial charge in [-0.15, -0.1) is 0 Å². The highest BCUT2D eigenvalue weighted by Crippen LogP contribution is 2.26. The number of halogens is 1. The van der Waals surface area contributed by atoms with E-state index in [2.05, 4.69) is 4.98 Å². The molecule has 0 atom stereocenters. The van der Waals surface area contributed by atoms with Crippen LogP contribution in [0.25, 0.3) is 11.3 Å². The fourth-order valence-electron chi connectivity index (χ4n) is 1.49. The highest BCUT2D eigenvalue weighted by molar-refractivity contribution is 5.74. The maximum Gasteiger partial charge on any atom is 0.123 e. The molecule has 0 bridgehead atoms. The van der Waals surface area contributed by atoms with Crippen LogP contribution in [0.1, 0.15) is 5.56 Å². The lowest BCUT2D eigenvalue weighted by Gasteiger charge is -2.07. The van der Waals surface area contributed by atoms with Gasteiger partial charge < -0.3 is 5.73 Å². The second-order valence-electron chi connectivity index (χ2n) is 3.40. The third-order valence-corrected chi connectivity index (χ3v) is 2.29. The molecule has 0 aliphatic carbocycles. The Morgan fingerprint density at radius 2 is 2.07 bits per heavy atom. The van der Waals surface area contributed by atoms with Crippen LogP contribution in [0.4, 0.5) is 10.1 Å². The molecule has 2 aromatic rings. The number of nitrogens with zero attached hydrogens (tertiary/aromatic N) is 1. The Hall–Kier alpha value is -1.90. The molecule has 0 unspecified atom stereocenters. The van der Waals surface area contributed by atoms with E-state index < -0.39 is 0 Å². The molecule has 0 spiro atoms. The predicted molar refractivity (Wildman–Crippen MR) is 58.8 cm³/mol. The van der Waals surface area contributed by atoms with Gasteiger partial charge in [-0.05, 0) is 36.8 Å². The molecule has 15 heavy (non-hydrogen) atoms. The van der Waals surface area contributed by atoms with Crippen LogP contribution in [0.3, 0.4) is 0 Å². The van der Waals surface area contributed by atoms with Crippen molar-refractivity contribution in [2.45, 2.75) is 6.92 Å². The molecule has 0 amide bonds. The number of hydrogen-bond donors (Lipinski definition) is 1. The normalized spacial score (nSPS) is 10.3. The molecule has 0 fully saturated rings. The van der Waals surface area contributed by atoms with Crippen molar-refractivity contribution >= 4 is 5.69 Å². The molecule has 76 valence electrons. The summed E-state index contributed by atoms with van der Waals surface area (Å²) < 4.78 is 13.1. The van der Waals surface area contributed by atoms with Crippen molar-refractivity contribution in [3.8, 4) is 11.3 Å². The van der Waals surface area contributed by atoms with Crippen LogP contribution in [-0.2, 0) is 0 Å². The zero-order valence-corrected chi connectivity index (χ0v) is 8.37. The second-order valence-corrected chi connectivity index (χ2v) is 3.40. The van der Waals surface area contributed by atoms with Crippen molar-refractivity contribution < 1.29 is 4.39 Å². The van der Waals surface area contributed by atoms with Crippen LogP contribution in [0.5, 0.6) is 0 Å². The number of pyridine rings is 1. The molecule has 0 saturated heterocycles. The van der Waals surface area contributed by atoms with Crippen LogP contribution in [-0.4, -0.2) is 4.98 Å². The summed E-state index contributed by atoms with van der Waals surface area (Å²) in [5, 5.41) is 0. The molecule has 1 aromatic heterocycles. The SMILES string of the molecule is Cc1ccc(F)cc1-c1ncccc1N. The Labute approximate surface area is 87.6 Å². The summed E-state index contributed by atoms with van der Waals surface area (Å²) >= 11 is 0. The molecular formula is C12H11FN2. The number of benzene rings is 1. The molecule has 2 nitrogen and oxygen atoms in total. The van der Waals surface area contributed by atoms with E-state index in [1.54, 1.807) is 24.4 Å². The first-order valence-corrected chi connectivity index (χ1v) is 4.65. The third-order valence-electron chi connectivity index (χ3n) is 2.29. The maximum atomic E-state index is 13.1. The van der Waals surface area contributed by atoms with Gasteiger partial charge in [0, 0.05) is 11.8 Å². The number of aryl methyl sites for hydroxylation is 1. The van der Waals surface area contributed by atoms with Crippen LogP contribution < -0.4 is 5.73 Å². The molecule has 0 aliphatic heterocycles. The summed E-state index contributed by atoms with van der Waals surface area (Å²) in [5.41, 5.74) is 8.69. The van der Waals surface area contributed by atoms with E-state index in [4.69, 9.17) is 5.73 Å². The van der Waals surface area contributed by atoms with Gasteiger partial charge in [0.25, 0.3) is 0 Å². The predicted octanol–water partition coefficient (Wildman–Crippen LogP) is 2.78. The Balaban J connectivity index is 2.64. The van der Waals surface area contributed by atoms with E-state index in [1.807, 2.05) is 6.92 Å². The summed E-state index contributed by atoms with van der Waals surface area (Å²) in [4.78, 5) is 4.16. The number of rotatable bonds is 1. The van der Waals surface area contributed by atoms with Gasteiger partial charge in [0.05, 0.1) is 11.4 Å². The molecular weight excluding hydrogens is 191 g/mol. The van der Waals surface area contributed by atoms with Crippen molar-refractivity contribution in [3.05, 3.63) is 47.9 Å². The van der Waals surface area contributed by atoms with Gasteiger partial charge in [-0.2, -0.15) is 0 Å². The van der Waals surface area contributed by atoms with Gasteiger partial charge in [0.2, 0.25) is 0 Å². The van der Waals surface area contributed by atoms with E-state index in [0.29, 0.717) is 11.4 Å². The monoisotopic (exact) mass is 202 g/mol. The number of aromatic nitrogens is 1. The van der Waals surface area contributed by atoms with Gasteiger partial charge >= 0.3 is 0 Å². The fourth-order valence-corrected chi connectivity index (χ4v) is 1.49. The zero-order valence-electron chi connectivity index (χ0n) is 8.37. The van der Waals surface area contributed by atoms with Crippen LogP contribution in [0.15, 0.2) is 36.5 Å². The number of nitrogen functional groups attached to an aromatic ring is 1. The van der Waals surface area contributed by atoms with Crippen LogP contribution in [0, 0.1) is 12.7 Å². The molecule has 0 radical (unpaired) electrons. The molecule has 0 saturated carbocycles. The second kappa shape index (κ2) is 3.69. The van der Waals surface area contributed by atoms with E-state index >= 15 is 0 Å². The van der Waals surface area contributed by atoms with Gasteiger partial charge in [0.1, 0.15) is 5.82 Å². The average Bonchev–Trinajstić information content (AvgIpc) is 2.23. The van der Waals surface area contributed by atoms with E-state index in [1.165, 1.54) is 12.1 Å². The minimum absolute atomic E-state index is 0.277. The minimum Gasteiger partial charge on any atom is -0.397 e. The summed E-state index contributed by atoms with van der Waals surface area (Å²) in [6, 6.07) is 8.12. The quantitative estimate of drug-likeness (QED) is 0.772. The van der Waals surface area contributed by atoms with Crippen molar-refractivity contribution in [3.63, 3.8) is 0 Å². The summed E-state index contributed by atoms with van der Waals surface area (Å²) in [7, 11) is 0. The first-order valence-electron chi connectivity index (χ1n) is 4.65. The average molecular weight is 202 g/mol. The molecule has 3 heteroatoms. The third kappa shape index (κ3) is 1.81. The Bertz CT molecular complexity index is 495. The number of anilines is 1. The summed E-state index contributed by atoms with van der Waals surface area (Å²) in [5.74, 6) is -0.277. The first-order chi connectivity index (χ1) is 7.18. The van der Waals surface area contributed by atoms with Gasteiger partial charge in [-0.3, -0.25) is 4.98 Å². The minimum atomic E-state index is -0.277. The van der Waals surface area contributed by atoms with E-state index in [-0.39, 0.29) is 5.82 Å². The standard InChI is InChI=1S/C12H11FN2/c1-8-4-5-9(13)7-10(8)12-11(14)3-2-6-15-12/h2-7H,14H2,1H3. The Kier molecular flexibility index (Phi) is 2.37. The van der Waals surface area contributed by atoms with Crippen LogP contribution >= 0.6 is 0 Å². The lowest BCUT2D eigenvalue weighted by atomic mass is 10.0. The number of hydrogen-bond acceptors (Lipinski definition) is 2. The molecule has 0 aliphatic rings. The lowest BCUT2D eigenvalue weighted by Crippen LogP contribution is -1.94. The highest BCUT2D eigenvalue weighted by atomic mass is 19.1.